The maximum Gasteiger partial charge on any atom is 0.282 e. The fourth-order valence-electron chi connectivity index (χ4n) is 4.17. The minimum absolute atomic E-state index is 0.280. The molecule has 0 amide bonds. The number of ether oxygens (including phenoxy) is 1. The second-order valence-electron chi connectivity index (χ2n) is 8.84. The van der Waals surface area contributed by atoms with Crippen LogP contribution in [0.4, 0.5) is 0 Å². The number of halogens is 4. The van der Waals surface area contributed by atoms with Gasteiger partial charge in [0.1, 0.15) is 17.9 Å². The molecule has 0 saturated carbocycles. The van der Waals surface area contributed by atoms with E-state index in [9.17, 15) is 4.79 Å². The molecular formula is C30H17Br2I2N3O3. The summed E-state index contributed by atoms with van der Waals surface area (Å²) in [5.74, 6) is 1.58. The Kier molecular flexibility index (Phi) is 8.11. The lowest BCUT2D eigenvalue weighted by atomic mass is 10.2. The van der Waals surface area contributed by atoms with E-state index < -0.39 is 0 Å². The minimum atomic E-state index is -0.280. The molecule has 6 nitrogen and oxygen atoms in total. The Morgan fingerprint density at radius 2 is 1.65 bits per heavy atom. The van der Waals surface area contributed by atoms with Crippen molar-refractivity contribution in [2.45, 2.75) is 6.61 Å². The van der Waals surface area contributed by atoms with Crippen LogP contribution in [-0.4, -0.2) is 15.9 Å². The molecule has 0 aliphatic heterocycles. The number of hydrogen-bond acceptors (Lipinski definition) is 5. The number of rotatable bonds is 6. The third kappa shape index (κ3) is 5.76. The molecule has 0 fully saturated rings. The van der Waals surface area contributed by atoms with Crippen LogP contribution in [-0.2, 0) is 6.61 Å². The van der Waals surface area contributed by atoms with E-state index >= 15 is 0 Å². The molecule has 0 saturated heterocycles. The van der Waals surface area contributed by atoms with Gasteiger partial charge in [0, 0.05) is 14.3 Å². The molecule has 6 rings (SSSR count). The number of fused-ring (bicyclic) bond motifs is 2. The molecule has 4 aromatic carbocycles. The Morgan fingerprint density at radius 3 is 2.42 bits per heavy atom. The molecule has 0 spiro atoms. The van der Waals surface area contributed by atoms with Gasteiger partial charge in [-0.3, -0.25) is 4.79 Å². The number of nitrogens with zero attached hydrogens (tertiary/aromatic N) is 3. The molecule has 40 heavy (non-hydrogen) atoms. The van der Waals surface area contributed by atoms with Crippen LogP contribution in [0.5, 0.6) is 5.75 Å². The number of para-hydroxylation sites is 1. The molecule has 0 aliphatic carbocycles. The van der Waals surface area contributed by atoms with E-state index in [4.69, 9.17) is 14.1 Å². The summed E-state index contributed by atoms with van der Waals surface area (Å²) in [4.78, 5) is 18.3. The quantitative estimate of drug-likeness (QED) is 0.124. The van der Waals surface area contributed by atoms with Gasteiger partial charge in [-0.15, -0.1) is 0 Å². The highest BCUT2D eigenvalue weighted by atomic mass is 127. The maximum atomic E-state index is 13.6. The molecule has 2 aromatic heterocycles. The molecule has 10 heteroatoms. The molecule has 0 N–H and O–H groups in total. The van der Waals surface area contributed by atoms with Crippen LogP contribution < -0.4 is 10.3 Å². The van der Waals surface area contributed by atoms with Crippen molar-refractivity contribution in [3.05, 3.63) is 122 Å². The summed E-state index contributed by atoms with van der Waals surface area (Å²) in [6.45, 7) is 0.461. The van der Waals surface area contributed by atoms with Crippen LogP contribution in [0.1, 0.15) is 11.1 Å². The number of furan rings is 1. The van der Waals surface area contributed by atoms with Crippen LogP contribution in [0, 0.1) is 7.14 Å². The van der Waals surface area contributed by atoms with Crippen molar-refractivity contribution in [2.24, 2.45) is 5.10 Å². The van der Waals surface area contributed by atoms with Crippen LogP contribution in [0.15, 0.2) is 108 Å². The molecule has 6 aromatic rings. The second kappa shape index (κ2) is 11.7. The van der Waals surface area contributed by atoms with Crippen molar-refractivity contribution in [3.63, 3.8) is 0 Å². The number of aromatic nitrogens is 2. The van der Waals surface area contributed by atoms with Gasteiger partial charge >= 0.3 is 0 Å². The smallest absolute Gasteiger partial charge is 0.282 e. The van der Waals surface area contributed by atoms with Crippen molar-refractivity contribution in [1.82, 2.24) is 9.66 Å². The van der Waals surface area contributed by atoms with Crippen LogP contribution in [0.3, 0.4) is 0 Å². The zero-order valence-corrected chi connectivity index (χ0v) is 27.9. The summed E-state index contributed by atoms with van der Waals surface area (Å²) in [6, 6.07) is 26.8. The van der Waals surface area contributed by atoms with Crippen molar-refractivity contribution in [1.29, 1.82) is 0 Å². The Morgan fingerprint density at radius 1 is 0.925 bits per heavy atom. The SMILES string of the molecule is O=c1c2ccccc2nc(-c2cc3cc(Br)ccc3o2)n1N=Cc1cc(I)c(OCc2ccc(Br)cc2)c(I)c1. The molecule has 0 aliphatic rings. The molecule has 0 radical (unpaired) electrons. The summed E-state index contributed by atoms with van der Waals surface area (Å²) in [6.07, 6.45) is 1.66. The normalized spacial score (nSPS) is 11.6. The zero-order chi connectivity index (χ0) is 27.8. The highest BCUT2D eigenvalue weighted by molar-refractivity contribution is 14.1. The van der Waals surface area contributed by atoms with Crippen molar-refractivity contribution in [2.75, 3.05) is 0 Å². The summed E-state index contributed by atoms with van der Waals surface area (Å²) in [5, 5.41) is 5.97. The standard InChI is InChI=1S/C30H17Br2I2N3O3/c31-20-7-5-17(6-8-20)16-39-28-23(33)11-18(12-24(28)34)15-35-37-29(36-25-4-2-1-3-22(25)30(37)38)27-14-19-13-21(32)9-10-26(19)40-27/h1-15H,16H2. The largest absolute Gasteiger partial charge is 0.487 e. The molecular weight excluding hydrogens is 864 g/mol. The van der Waals surface area contributed by atoms with Gasteiger partial charge in [0.15, 0.2) is 5.76 Å². The molecule has 198 valence electrons. The van der Waals surface area contributed by atoms with Gasteiger partial charge in [-0.05, 0) is 117 Å². The van der Waals surface area contributed by atoms with E-state index in [-0.39, 0.29) is 5.56 Å². The van der Waals surface area contributed by atoms with Gasteiger partial charge in [-0.1, -0.05) is 56.1 Å². The molecule has 0 unspecified atom stereocenters. The lowest BCUT2D eigenvalue weighted by Gasteiger charge is -2.12. The average Bonchev–Trinajstić information content (AvgIpc) is 3.36. The lowest BCUT2D eigenvalue weighted by molar-refractivity contribution is 0.301. The van der Waals surface area contributed by atoms with Gasteiger partial charge in [-0.2, -0.15) is 9.78 Å². The van der Waals surface area contributed by atoms with E-state index in [1.54, 1.807) is 12.3 Å². The van der Waals surface area contributed by atoms with Crippen LogP contribution >= 0.6 is 77.0 Å². The van der Waals surface area contributed by atoms with E-state index in [0.29, 0.717) is 34.7 Å². The first-order valence-electron chi connectivity index (χ1n) is 12.0. The lowest BCUT2D eigenvalue weighted by Crippen LogP contribution is -2.20. The van der Waals surface area contributed by atoms with Gasteiger partial charge in [0.25, 0.3) is 5.56 Å². The van der Waals surface area contributed by atoms with E-state index in [1.807, 2.05) is 78.9 Å². The summed E-state index contributed by atoms with van der Waals surface area (Å²) in [7, 11) is 0. The summed E-state index contributed by atoms with van der Waals surface area (Å²) < 4.78 is 17.4. The predicted octanol–water partition coefficient (Wildman–Crippen LogP) is 9.01. The number of hydrogen-bond donors (Lipinski definition) is 0. The van der Waals surface area contributed by atoms with E-state index in [1.165, 1.54) is 4.68 Å². The van der Waals surface area contributed by atoms with Gasteiger partial charge < -0.3 is 9.15 Å². The minimum Gasteiger partial charge on any atom is -0.487 e. The first-order valence-corrected chi connectivity index (χ1v) is 15.7. The zero-order valence-electron chi connectivity index (χ0n) is 20.4. The number of benzene rings is 4. The van der Waals surface area contributed by atoms with Crippen LogP contribution in [0.25, 0.3) is 33.5 Å². The van der Waals surface area contributed by atoms with Gasteiger partial charge in [0.2, 0.25) is 5.82 Å². The third-order valence-electron chi connectivity index (χ3n) is 6.09. The Balaban J connectivity index is 1.37. The summed E-state index contributed by atoms with van der Waals surface area (Å²) >= 11 is 11.5. The van der Waals surface area contributed by atoms with Crippen molar-refractivity contribution < 1.29 is 9.15 Å². The monoisotopic (exact) mass is 879 g/mol. The van der Waals surface area contributed by atoms with E-state index in [2.05, 4.69) is 82.1 Å². The van der Waals surface area contributed by atoms with Crippen molar-refractivity contribution >= 4 is 105 Å². The van der Waals surface area contributed by atoms with Crippen molar-refractivity contribution in [3.8, 4) is 17.3 Å². The van der Waals surface area contributed by atoms with Gasteiger partial charge in [-0.25, -0.2) is 4.98 Å². The highest BCUT2D eigenvalue weighted by Gasteiger charge is 2.17. The Bertz CT molecular complexity index is 1960. The summed E-state index contributed by atoms with van der Waals surface area (Å²) in [5.41, 5.74) is 2.89. The van der Waals surface area contributed by atoms with E-state index in [0.717, 1.165) is 38.3 Å². The fourth-order valence-corrected chi connectivity index (χ4v) is 6.94. The third-order valence-corrected chi connectivity index (χ3v) is 8.72. The average molecular weight is 881 g/mol. The Labute approximate surface area is 273 Å². The van der Waals surface area contributed by atoms with Gasteiger partial charge in [0.05, 0.1) is 24.3 Å². The first-order chi connectivity index (χ1) is 19.4. The fraction of sp³-hybridized carbons (Fsp3) is 0.0333. The highest BCUT2D eigenvalue weighted by Crippen LogP contribution is 2.31. The first kappa shape index (κ1) is 27.6. The molecule has 2 heterocycles. The Hall–Kier alpha value is -2.55. The predicted molar refractivity (Wildman–Crippen MR) is 182 cm³/mol. The molecule has 0 bridgehead atoms. The topological polar surface area (TPSA) is 69.6 Å². The van der Waals surface area contributed by atoms with Crippen LogP contribution in [0.2, 0.25) is 0 Å². The molecule has 0 atom stereocenters. The maximum absolute atomic E-state index is 13.6. The second-order valence-corrected chi connectivity index (χ2v) is 13.0.